The third kappa shape index (κ3) is 5.55. The molecule has 1 aromatic carbocycles. The van der Waals surface area contributed by atoms with Crippen molar-refractivity contribution in [1.82, 2.24) is 15.2 Å². The highest BCUT2D eigenvalue weighted by Crippen LogP contribution is 2.28. The van der Waals surface area contributed by atoms with E-state index < -0.39 is 0 Å². The number of benzene rings is 1. The average Bonchev–Trinajstić information content (AvgIpc) is 3.32. The molecule has 1 aliphatic heterocycles. The molecule has 9 heteroatoms. The van der Waals surface area contributed by atoms with Gasteiger partial charge in [0, 0.05) is 40.6 Å². The molecule has 0 spiro atoms. The number of nitrogens with zero attached hydrogens (tertiary/aromatic N) is 2. The number of hydrogen-bond acceptors (Lipinski definition) is 5. The molecule has 0 unspecified atom stereocenters. The summed E-state index contributed by atoms with van der Waals surface area (Å²) in [6.07, 6.45) is 5.25. The van der Waals surface area contributed by atoms with Gasteiger partial charge in [-0.3, -0.25) is 15.0 Å². The van der Waals surface area contributed by atoms with Gasteiger partial charge in [-0.15, -0.1) is 11.3 Å². The van der Waals surface area contributed by atoms with Crippen LogP contribution in [0.25, 0.3) is 0 Å². The van der Waals surface area contributed by atoms with E-state index >= 15 is 0 Å². The molecule has 2 heterocycles. The lowest BCUT2D eigenvalue weighted by Crippen LogP contribution is -2.36. The van der Waals surface area contributed by atoms with Crippen LogP contribution in [0.15, 0.2) is 28.7 Å². The average molecular weight is 478 g/mol. The van der Waals surface area contributed by atoms with Gasteiger partial charge in [-0.25, -0.2) is 9.78 Å². The molecule has 2 aliphatic rings. The van der Waals surface area contributed by atoms with Crippen LogP contribution in [0.3, 0.4) is 0 Å². The molecule has 1 aromatic heterocycles. The molecule has 3 N–H and O–H groups in total. The highest BCUT2D eigenvalue weighted by atomic mass is 79.9. The Kier molecular flexibility index (Phi) is 6.46. The van der Waals surface area contributed by atoms with E-state index in [9.17, 15) is 9.59 Å². The van der Waals surface area contributed by atoms with Gasteiger partial charge in [0.2, 0.25) is 5.91 Å². The van der Waals surface area contributed by atoms with Crippen LogP contribution in [0.5, 0.6) is 0 Å². The molecule has 1 saturated carbocycles. The van der Waals surface area contributed by atoms with Crippen LogP contribution in [0, 0.1) is 0 Å². The Balaban J connectivity index is 1.28. The molecule has 1 fully saturated rings. The third-order valence-electron chi connectivity index (χ3n) is 5.22. The van der Waals surface area contributed by atoms with Crippen molar-refractivity contribution in [1.29, 1.82) is 0 Å². The molecular weight excluding hydrogens is 454 g/mol. The molecule has 7 nitrogen and oxygen atoms in total. The Morgan fingerprint density at radius 1 is 1.17 bits per heavy atom. The van der Waals surface area contributed by atoms with Crippen LogP contribution in [-0.2, 0) is 17.8 Å². The number of carbonyl (C=O) groups is 2. The monoisotopic (exact) mass is 477 g/mol. The van der Waals surface area contributed by atoms with E-state index in [-0.39, 0.29) is 18.0 Å². The van der Waals surface area contributed by atoms with Gasteiger partial charge in [-0.2, -0.15) is 0 Å². The molecule has 0 saturated heterocycles. The van der Waals surface area contributed by atoms with Crippen LogP contribution in [0.2, 0.25) is 0 Å². The number of fused-ring (bicyclic) bond motifs is 1. The van der Waals surface area contributed by atoms with Crippen molar-refractivity contribution >= 4 is 50.0 Å². The van der Waals surface area contributed by atoms with Crippen molar-refractivity contribution in [2.75, 3.05) is 23.7 Å². The molecule has 0 atom stereocenters. The molecule has 4 rings (SSSR count). The number of anilines is 2. The normalized spacial score (nSPS) is 17.0. The number of hydrogen-bond donors (Lipinski definition) is 3. The summed E-state index contributed by atoms with van der Waals surface area (Å²) in [6.45, 7) is 1.78. The first-order valence-corrected chi connectivity index (χ1v) is 11.5. The van der Waals surface area contributed by atoms with Crippen molar-refractivity contribution in [2.24, 2.45) is 0 Å². The van der Waals surface area contributed by atoms with Crippen molar-refractivity contribution in [3.05, 3.63) is 39.3 Å². The molecular formula is C20H24BrN5O2S. The fourth-order valence-electron chi connectivity index (χ4n) is 3.76. The van der Waals surface area contributed by atoms with E-state index in [1.54, 1.807) is 0 Å². The minimum atomic E-state index is -0.172. The van der Waals surface area contributed by atoms with Crippen LogP contribution in [-0.4, -0.2) is 41.0 Å². The smallest absolute Gasteiger partial charge is 0.321 e. The van der Waals surface area contributed by atoms with Crippen molar-refractivity contribution in [3.63, 3.8) is 0 Å². The van der Waals surface area contributed by atoms with Gasteiger partial charge in [0.15, 0.2) is 5.13 Å². The Bertz CT molecular complexity index is 879. The summed E-state index contributed by atoms with van der Waals surface area (Å²) >= 11 is 4.89. The fraction of sp³-hybridized carbons (Fsp3) is 0.450. The summed E-state index contributed by atoms with van der Waals surface area (Å²) in [5.74, 6) is -0.0328. The molecule has 154 valence electrons. The quantitative estimate of drug-likeness (QED) is 0.607. The molecule has 0 radical (unpaired) electrons. The van der Waals surface area contributed by atoms with Crippen LogP contribution in [0.4, 0.5) is 15.6 Å². The number of halogens is 1. The second-order valence-corrected chi connectivity index (χ2v) is 9.48. The third-order valence-corrected chi connectivity index (χ3v) is 6.74. The van der Waals surface area contributed by atoms with Gasteiger partial charge in [-0.05, 0) is 37.1 Å². The minimum absolute atomic E-state index is 0.0328. The number of nitrogens with one attached hydrogen (secondary N) is 3. The maximum absolute atomic E-state index is 12.4. The number of rotatable bonds is 5. The van der Waals surface area contributed by atoms with Gasteiger partial charge in [0.25, 0.3) is 0 Å². The number of carbonyl (C=O) groups excluding carboxylic acids is 2. The predicted octanol–water partition coefficient (Wildman–Crippen LogP) is 3.97. The summed E-state index contributed by atoms with van der Waals surface area (Å²) in [7, 11) is 0. The topological polar surface area (TPSA) is 86.4 Å². The molecule has 3 amide bonds. The van der Waals surface area contributed by atoms with Gasteiger partial charge < -0.3 is 10.6 Å². The fourth-order valence-corrected chi connectivity index (χ4v) is 5.07. The molecule has 1 aliphatic carbocycles. The lowest BCUT2D eigenvalue weighted by Gasteiger charge is -2.25. The van der Waals surface area contributed by atoms with Gasteiger partial charge in [0.05, 0.1) is 12.2 Å². The highest BCUT2D eigenvalue weighted by Gasteiger charge is 2.23. The van der Waals surface area contributed by atoms with E-state index in [2.05, 4.69) is 41.8 Å². The standard InChI is InChI=1S/C20H24BrN5O2S/c21-13-5-7-15(8-6-13)22-18(27)12-26-10-9-16-17(11-26)29-20(24-16)25-19(28)23-14-3-1-2-4-14/h5-8,14H,1-4,9-12H2,(H,22,27)(H2,23,24,25,28). The maximum atomic E-state index is 12.4. The predicted molar refractivity (Wildman–Crippen MR) is 118 cm³/mol. The first-order chi connectivity index (χ1) is 14.0. The zero-order valence-corrected chi connectivity index (χ0v) is 18.4. The van der Waals surface area contributed by atoms with Crippen molar-refractivity contribution < 1.29 is 9.59 Å². The lowest BCUT2D eigenvalue weighted by molar-refractivity contribution is -0.117. The van der Waals surface area contributed by atoms with Crippen molar-refractivity contribution in [2.45, 2.75) is 44.7 Å². The Labute approximate surface area is 182 Å². The first kappa shape index (κ1) is 20.3. The second kappa shape index (κ2) is 9.23. The lowest BCUT2D eigenvalue weighted by atomic mass is 10.2. The van der Waals surface area contributed by atoms with E-state index in [4.69, 9.17) is 0 Å². The minimum Gasteiger partial charge on any atom is -0.335 e. The number of amides is 3. The molecule has 29 heavy (non-hydrogen) atoms. The first-order valence-electron chi connectivity index (χ1n) is 9.89. The summed E-state index contributed by atoms with van der Waals surface area (Å²) in [5.41, 5.74) is 1.81. The zero-order valence-electron chi connectivity index (χ0n) is 16.0. The van der Waals surface area contributed by atoms with E-state index in [0.717, 1.165) is 46.5 Å². The number of urea groups is 1. The van der Waals surface area contributed by atoms with Gasteiger partial charge in [-0.1, -0.05) is 28.8 Å². The molecule has 0 bridgehead atoms. The Morgan fingerprint density at radius 2 is 1.93 bits per heavy atom. The summed E-state index contributed by atoms with van der Waals surface area (Å²) in [6, 6.07) is 7.65. The Hall–Kier alpha value is -1.97. The molecule has 2 aromatic rings. The van der Waals surface area contributed by atoms with E-state index in [1.165, 1.54) is 24.2 Å². The summed E-state index contributed by atoms with van der Waals surface area (Å²) in [4.78, 5) is 32.3. The van der Waals surface area contributed by atoms with Crippen LogP contribution < -0.4 is 16.0 Å². The van der Waals surface area contributed by atoms with E-state index in [0.29, 0.717) is 18.2 Å². The SMILES string of the molecule is O=C(CN1CCc2nc(NC(=O)NC3CCCC3)sc2C1)Nc1ccc(Br)cc1. The summed E-state index contributed by atoms with van der Waals surface area (Å²) in [5, 5.41) is 9.45. The zero-order chi connectivity index (χ0) is 20.2. The number of thiazole rings is 1. The second-order valence-electron chi connectivity index (χ2n) is 7.48. The van der Waals surface area contributed by atoms with E-state index in [1.807, 2.05) is 24.3 Å². The Morgan fingerprint density at radius 3 is 2.69 bits per heavy atom. The number of aromatic nitrogens is 1. The van der Waals surface area contributed by atoms with Gasteiger partial charge >= 0.3 is 6.03 Å². The van der Waals surface area contributed by atoms with Gasteiger partial charge in [0.1, 0.15) is 0 Å². The van der Waals surface area contributed by atoms with Crippen molar-refractivity contribution in [3.8, 4) is 0 Å². The highest BCUT2D eigenvalue weighted by molar-refractivity contribution is 9.10. The largest absolute Gasteiger partial charge is 0.335 e. The maximum Gasteiger partial charge on any atom is 0.321 e. The van der Waals surface area contributed by atoms with Crippen LogP contribution >= 0.6 is 27.3 Å². The van der Waals surface area contributed by atoms with Crippen LogP contribution in [0.1, 0.15) is 36.3 Å². The summed E-state index contributed by atoms with van der Waals surface area (Å²) < 4.78 is 0.977.